The van der Waals surface area contributed by atoms with Crippen LogP contribution in [0.2, 0.25) is 0 Å². The molecule has 0 bridgehead atoms. The average Bonchev–Trinajstić information content (AvgIpc) is 1.86. The van der Waals surface area contributed by atoms with Gasteiger partial charge in [-0.15, -0.1) is 0 Å². The van der Waals surface area contributed by atoms with Gasteiger partial charge >= 0.3 is 0 Å². The second kappa shape index (κ2) is 4.49. The summed E-state index contributed by atoms with van der Waals surface area (Å²) in [6, 6.07) is 0. The molecule has 0 rings (SSSR count). The highest BCUT2D eigenvalue weighted by molar-refractivity contribution is 6.00. The van der Waals surface area contributed by atoms with Gasteiger partial charge in [-0.25, -0.2) is 0 Å². The highest BCUT2D eigenvalue weighted by atomic mass is 16.1. The second-order valence-corrected chi connectivity index (χ2v) is 2.14. The van der Waals surface area contributed by atoms with Crippen LogP contribution in [0.4, 0.5) is 0 Å². The molecule has 0 aliphatic rings. The summed E-state index contributed by atoms with van der Waals surface area (Å²) < 4.78 is 0. The summed E-state index contributed by atoms with van der Waals surface area (Å²) in [7, 11) is 0. The summed E-state index contributed by atoms with van der Waals surface area (Å²) in [4.78, 5) is 10.6. The molecule has 62 valence electrons. The van der Waals surface area contributed by atoms with E-state index in [1.165, 1.54) is 6.08 Å². The first-order chi connectivity index (χ1) is 5.07. The first-order valence-electron chi connectivity index (χ1n) is 3.38. The lowest BCUT2D eigenvalue weighted by molar-refractivity contribution is -0.114. The normalized spacial score (nSPS) is 10.9. The number of allylic oxidation sites excluding steroid dienone is 1. The first kappa shape index (κ1) is 9.68. The molecule has 0 saturated carbocycles. The number of rotatable bonds is 4. The molecule has 0 saturated heterocycles. The van der Waals surface area contributed by atoms with E-state index in [1.807, 2.05) is 6.92 Å². The van der Waals surface area contributed by atoms with Gasteiger partial charge in [-0.05, 0) is 19.9 Å². The number of primary amides is 1. The largest absolute Gasteiger partial charge is 0.381 e. The molecule has 1 amide bonds. The van der Waals surface area contributed by atoms with Crippen molar-refractivity contribution >= 4 is 11.6 Å². The molecule has 0 aromatic heterocycles. The van der Waals surface area contributed by atoms with Gasteiger partial charge in [-0.1, -0.05) is 0 Å². The zero-order valence-electron chi connectivity index (χ0n) is 6.77. The molecule has 0 aromatic rings. The van der Waals surface area contributed by atoms with Crippen LogP contribution in [-0.2, 0) is 4.79 Å². The Hall–Kier alpha value is -1.32. The number of nitrogens with two attached hydrogens (primary N) is 1. The Morgan fingerprint density at radius 3 is 2.55 bits per heavy atom. The molecule has 11 heavy (non-hydrogen) atoms. The number of carbonyl (C=O) groups excluding carboxylic acids is 1. The van der Waals surface area contributed by atoms with E-state index in [0.29, 0.717) is 18.0 Å². The van der Waals surface area contributed by atoms with E-state index in [4.69, 9.17) is 11.1 Å². The van der Waals surface area contributed by atoms with Gasteiger partial charge in [-0.3, -0.25) is 4.79 Å². The SMILES string of the molecule is CCN/C(=C\C(C)=N)C(N)=O. The van der Waals surface area contributed by atoms with Crippen LogP contribution in [0.15, 0.2) is 11.8 Å². The molecule has 0 aliphatic carbocycles. The van der Waals surface area contributed by atoms with E-state index < -0.39 is 5.91 Å². The van der Waals surface area contributed by atoms with Crippen LogP contribution in [-0.4, -0.2) is 18.2 Å². The predicted octanol–water partition coefficient (Wildman–Crippen LogP) is 0.00477. The minimum Gasteiger partial charge on any atom is -0.381 e. The van der Waals surface area contributed by atoms with Crippen LogP contribution < -0.4 is 11.1 Å². The summed E-state index contributed by atoms with van der Waals surface area (Å²) in [5, 5.41) is 9.83. The summed E-state index contributed by atoms with van der Waals surface area (Å²) in [5.74, 6) is -0.529. The summed E-state index contributed by atoms with van der Waals surface area (Å²) in [6.45, 7) is 4.07. The van der Waals surface area contributed by atoms with E-state index in [1.54, 1.807) is 6.92 Å². The Bertz CT molecular complexity index is 196. The van der Waals surface area contributed by atoms with Gasteiger partial charge in [0.05, 0.1) is 0 Å². The van der Waals surface area contributed by atoms with Crippen LogP contribution >= 0.6 is 0 Å². The maximum Gasteiger partial charge on any atom is 0.264 e. The van der Waals surface area contributed by atoms with Crippen LogP contribution in [0.3, 0.4) is 0 Å². The average molecular weight is 155 g/mol. The molecule has 0 radical (unpaired) electrons. The number of carbonyl (C=O) groups is 1. The second-order valence-electron chi connectivity index (χ2n) is 2.14. The minimum atomic E-state index is -0.529. The molecular weight excluding hydrogens is 142 g/mol. The van der Waals surface area contributed by atoms with E-state index in [-0.39, 0.29) is 0 Å². The highest BCUT2D eigenvalue weighted by Crippen LogP contribution is 1.87. The van der Waals surface area contributed by atoms with Crippen LogP contribution in [0.1, 0.15) is 13.8 Å². The Labute approximate surface area is 66.0 Å². The van der Waals surface area contributed by atoms with Gasteiger partial charge < -0.3 is 16.5 Å². The van der Waals surface area contributed by atoms with Crippen LogP contribution in [0.25, 0.3) is 0 Å². The Balaban J connectivity index is 4.32. The van der Waals surface area contributed by atoms with Gasteiger partial charge in [0.15, 0.2) is 0 Å². The van der Waals surface area contributed by atoms with Crippen molar-refractivity contribution in [2.24, 2.45) is 5.73 Å². The lowest BCUT2D eigenvalue weighted by atomic mass is 10.3. The van der Waals surface area contributed by atoms with E-state index in [2.05, 4.69) is 5.32 Å². The van der Waals surface area contributed by atoms with Gasteiger partial charge in [0, 0.05) is 12.3 Å². The van der Waals surface area contributed by atoms with E-state index >= 15 is 0 Å². The van der Waals surface area contributed by atoms with Crippen molar-refractivity contribution in [1.82, 2.24) is 5.32 Å². The predicted molar refractivity (Wildman–Crippen MR) is 44.4 cm³/mol. The smallest absolute Gasteiger partial charge is 0.264 e. The van der Waals surface area contributed by atoms with Crippen molar-refractivity contribution in [2.45, 2.75) is 13.8 Å². The third-order valence-electron chi connectivity index (χ3n) is 0.994. The first-order valence-corrected chi connectivity index (χ1v) is 3.38. The van der Waals surface area contributed by atoms with Crippen molar-refractivity contribution in [3.63, 3.8) is 0 Å². The lowest BCUT2D eigenvalue weighted by Crippen LogP contribution is -2.26. The molecule has 0 atom stereocenters. The van der Waals surface area contributed by atoms with Crippen molar-refractivity contribution < 1.29 is 4.79 Å². The monoisotopic (exact) mass is 155 g/mol. The molecular formula is C7H13N3O. The van der Waals surface area contributed by atoms with Gasteiger partial charge in [0.1, 0.15) is 5.70 Å². The molecule has 0 aromatic carbocycles. The maximum absolute atomic E-state index is 10.6. The van der Waals surface area contributed by atoms with Crippen molar-refractivity contribution in [1.29, 1.82) is 5.41 Å². The Morgan fingerprint density at radius 1 is 1.73 bits per heavy atom. The fourth-order valence-corrected chi connectivity index (χ4v) is 0.616. The highest BCUT2D eigenvalue weighted by Gasteiger charge is 2.01. The Morgan fingerprint density at radius 2 is 2.27 bits per heavy atom. The Kier molecular flexibility index (Phi) is 3.95. The molecule has 0 fully saturated rings. The number of hydrogen-bond donors (Lipinski definition) is 3. The number of hydrogen-bond acceptors (Lipinski definition) is 3. The fraction of sp³-hybridized carbons (Fsp3) is 0.429. The topological polar surface area (TPSA) is 79.0 Å². The van der Waals surface area contributed by atoms with E-state index in [9.17, 15) is 4.79 Å². The molecule has 0 heterocycles. The number of nitrogens with one attached hydrogen (secondary N) is 2. The molecule has 0 unspecified atom stereocenters. The van der Waals surface area contributed by atoms with Gasteiger partial charge in [0.2, 0.25) is 0 Å². The van der Waals surface area contributed by atoms with Crippen molar-refractivity contribution in [3.8, 4) is 0 Å². The quantitative estimate of drug-likeness (QED) is 0.395. The summed E-state index contributed by atoms with van der Waals surface area (Å²) in [5.41, 5.74) is 5.60. The zero-order valence-corrected chi connectivity index (χ0v) is 6.77. The maximum atomic E-state index is 10.6. The minimum absolute atomic E-state index is 0.292. The summed E-state index contributed by atoms with van der Waals surface area (Å²) in [6.07, 6.45) is 1.41. The fourth-order valence-electron chi connectivity index (χ4n) is 0.616. The van der Waals surface area contributed by atoms with Crippen molar-refractivity contribution in [3.05, 3.63) is 11.8 Å². The standard InChI is InChI=1S/C7H13N3O/c1-3-10-6(7(9)11)4-5(2)8/h4,8,10H,3H2,1-2H3,(H2,9,11)/b6-4-,8-5?. The number of likely N-dealkylation sites (N-methyl/N-ethyl adjacent to an activating group) is 1. The molecule has 0 aliphatic heterocycles. The van der Waals surface area contributed by atoms with Crippen LogP contribution in [0, 0.1) is 5.41 Å². The van der Waals surface area contributed by atoms with Crippen LogP contribution in [0.5, 0.6) is 0 Å². The van der Waals surface area contributed by atoms with Gasteiger partial charge in [-0.2, -0.15) is 0 Å². The third kappa shape index (κ3) is 4.13. The van der Waals surface area contributed by atoms with E-state index in [0.717, 1.165) is 0 Å². The molecule has 4 N–H and O–H groups in total. The van der Waals surface area contributed by atoms with Gasteiger partial charge in [0.25, 0.3) is 5.91 Å². The number of amides is 1. The third-order valence-corrected chi connectivity index (χ3v) is 0.994. The summed E-state index contributed by atoms with van der Waals surface area (Å²) >= 11 is 0. The van der Waals surface area contributed by atoms with Crippen molar-refractivity contribution in [2.75, 3.05) is 6.54 Å². The lowest BCUT2D eigenvalue weighted by Gasteiger charge is -2.03. The molecule has 4 heteroatoms. The molecule has 4 nitrogen and oxygen atoms in total. The zero-order chi connectivity index (χ0) is 8.85. The molecule has 0 spiro atoms.